The number of hydrogen-bond donors (Lipinski definition) is 1. The van der Waals surface area contributed by atoms with Gasteiger partial charge in [0, 0.05) is 11.6 Å². The van der Waals surface area contributed by atoms with Gasteiger partial charge in [0.05, 0.1) is 42.2 Å². The molecule has 0 fully saturated rings. The van der Waals surface area contributed by atoms with Crippen molar-refractivity contribution in [3.05, 3.63) is 51.0 Å². The number of methoxy groups -OCH3 is 1. The largest absolute Gasteiger partial charge is 0.495 e. The predicted molar refractivity (Wildman–Crippen MR) is 109 cm³/mol. The molecule has 0 bridgehead atoms. The summed E-state index contributed by atoms with van der Waals surface area (Å²) >= 11 is 6.07. The molecule has 0 heterocycles. The molecule has 8 nitrogen and oxygen atoms in total. The molecule has 0 aliphatic heterocycles. The van der Waals surface area contributed by atoms with Crippen LogP contribution in [0, 0.1) is 10.1 Å². The number of nitro groups is 1. The highest BCUT2D eigenvalue weighted by Crippen LogP contribution is 2.38. The van der Waals surface area contributed by atoms with E-state index in [9.17, 15) is 10.1 Å². The summed E-state index contributed by atoms with van der Waals surface area (Å²) in [6, 6.07) is 8.15. The van der Waals surface area contributed by atoms with E-state index in [0.717, 1.165) is 6.42 Å². The van der Waals surface area contributed by atoms with Crippen molar-refractivity contribution in [1.29, 1.82) is 0 Å². The van der Waals surface area contributed by atoms with Gasteiger partial charge in [0.1, 0.15) is 5.75 Å². The molecule has 2 aromatic carbocycles. The average Bonchev–Trinajstić information content (AvgIpc) is 2.67. The lowest BCUT2D eigenvalue weighted by molar-refractivity contribution is -0.386. The van der Waals surface area contributed by atoms with E-state index in [4.69, 9.17) is 25.8 Å². The second-order valence-electron chi connectivity index (χ2n) is 5.63. The number of hydrazone groups is 1. The van der Waals surface area contributed by atoms with Gasteiger partial charge in [0.15, 0.2) is 5.75 Å². The first-order valence-electron chi connectivity index (χ1n) is 8.70. The summed E-state index contributed by atoms with van der Waals surface area (Å²) in [5.74, 6) is 0.982. The molecule has 9 heteroatoms. The second-order valence-corrected chi connectivity index (χ2v) is 6.03. The van der Waals surface area contributed by atoms with Crippen molar-refractivity contribution in [3.8, 4) is 17.2 Å². The smallest absolute Gasteiger partial charge is 0.315 e. The number of anilines is 1. The van der Waals surface area contributed by atoms with E-state index < -0.39 is 4.92 Å². The Kier molecular flexibility index (Phi) is 7.88. The fourth-order valence-corrected chi connectivity index (χ4v) is 2.61. The van der Waals surface area contributed by atoms with Crippen molar-refractivity contribution >= 4 is 29.2 Å². The Hall–Kier alpha value is -3.00. The van der Waals surface area contributed by atoms with Gasteiger partial charge >= 0.3 is 5.69 Å². The summed E-state index contributed by atoms with van der Waals surface area (Å²) in [6.07, 6.45) is 2.18. The highest BCUT2D eigenvalue weighted by Gasteiger charge is 2.22. The van der Waals surface area contributed by atoms with Crippen LogP contribution in [-0.2, 0) is 0 Å². The molecule has 0 amide bonds. The normalized spacial score (nSPS) is 10.7. The van der Waals surface area contributed by atoms with Crippen LogP contribution in [0.15, 0.2) is 35.4 Å². The van der Waals surface area contributed by atoms with E-state index >= 15 is 0 Å². The standard InChI is InChI=1S/C19H22ClN3O5/c1-4-8-28-19-16(23(24)25)9-13(10-18(19)27-5-2)12-21-22-14-6-7-17(26-3)15(20)11-14/h6-7,9-12,22H,4-5,8H2,1-3H3/b21-12+. The lowest BCUT2D eigenvalue weighted by Gasteiger charge is -2.12. The van der Waals surface area contributed by atoms with E-state index in [1.54, 1.807) is 31.2 Å². The number of nitro benzene ring substituents is 1. The number of benzene rings is 2. The first-order valence-corrected chi connectivity index (χ1v) is 9.08. The van der Waals surface area contributed by atoms with Gasteiger partial charge in [-0.05, 0) is 37.6 Å². The van der Waals surface area contributed by atoms with Gasteiger partial charge in [-0.1, -0.05) is 18.5 Å². The van der Waals surface area contributed by atoms with E-state index in [1.165, 1.54) is 19.4 Å². The van der Waals surface area contributed by atoms with E-state index in [1.807, 2.05) is 6.92 Å². The molecule has 0 atom stereocenters. The molecular weight excluding hydrogens is 386 g/mol. The maximum atomic E-state index is 11.5. The van der Waals surface area contributed by atoms with E-state index in [-0.39, 0.29) is 11.4 Å². The van der Waals surface area contributed by atoms with Crippen molar-refractivity contribution in [2.45, 2.75) is 20.3 Å². The van der Waals surface area contributed by atoms with Crippen molar-refractivity contribution in [2.75, 3.05) is 25.7 Å². The molecule has 0 unspecified atom stereocenters. The predicted octanol–water partition coefficient (Wildman–Crippen LogP) is 4.89. The van der Waals surface area contributed by atoms with Crippen LogP contribution in [0.1, 0.15) is 25.8 Å². The summed E-state index contributed by atoms with van der Waals surface area (Å²) in [5, 5.41) is 16.0. The van der Waals surface area contributed by atoms with Gasteiger partial charge < -0.3 is 14.2 Å². The molecule has 0 saturated heterocycles. The number of nitrogens with one attached hydrogen (secondary N) is 1. The molecule has 1 N–H and O–H groups in total. The lowest BCUT2D eigenvalue weighted by atomic mass is 10.2. The number of rotatable bonds is 10. The Balaban J connectivity index is 2.27. The van der Waals surface area contributed by atoms with Crippen LogP contribution in [0.4, 0.5) is 11.4 Å². The molecule has 28 heavy (non-hydrogen) atoms. The molecule has 150 valence electrons. The lowest BCUT2D eigenvalue weighted by Crippen LogP contribution is -2.04. The molecule has 2 rings (SSSR count). The molecule has 0 spiro atoms. The first-order chi connectivity index (χ1) is 13.5. The zero-order valence-corrected chi connectivity index (χ0v) is 16.7. The summed E-state index contributed by atoms with van der Waals surface area (Å²) in [5.41, 5.74) is 3.78. The topological polar surface area (TPSA) is 95.2 Å². The fraction of sp³-hybridized carbons (Fsp3) is 0.316. The van der Waals surface area contributed by atoms with Crippen LogP contribution in [0.25, 0.3) is 0 Å². The quantitative estimate of drug-likeness (QED) is 0.342. The SMILES string of the molecule is CCCOc1c(OCC)cc(/C=N/Nc2ccc(OC)c(Cl)c2)cc1[N+](=O)[O-]. The first kappa shape index (κ1) is 21.3. The monoisotopic (exact) mass is 407 g/mol. The Morgan fingerprint density at radius 2 is 2.00 bits per heavy atom. The average molecular weight is 408 g/mol. The minimum absolute atomic E-state index is 0.126. The van der Waals surface area contributed by atoms with Crippen molar-refractivity contribution in [2.24, 2.45) is 5.10 Å². The minimum Gasteiger partial charge on any atom is -0.495 e. The third-order valence-electron chi connectivity index (χ3n) is 3.56. The van der Waals surface area contributed by atoms with Crippen LogP contribution < -0.4 is 19.6 Å². The molecule has 0 aliphatic carbocycles. The molecule has 0 aromatic heterocycles. The van der Waals surface area contributed by atoms with Crippen LogP contribution in [-0.4, -0.2) is 31.5 Å². The van der Waals surface area contributed by atoms with Crippen LogP contribution in [0.2, 0.25) is 5.02 Å². The van der Waals surface area contributed by atoms with Crippen molar-refractivity contribution < 1.29 is 19.1 Å². The fourth-order valence-electron chi connectivity index (χ4n) is 2.35. The van der Waals surface area contributed by atoms with Crippen molar-refractivity contribution in [3.63, 3.8) is 0 Å². The minimum atomic E-state index is -0.498. The van der Waals surface area contributed by atoms with E-state index in [2.05, 4.69) is 10.5 Å². The van der Waals surface area contributed by atoms with Gasteiger partial charge in [-0.25, -0.2) is 0 Å². The van der Waals surface area contributed by atoms with Crippen LogP contribution >= 0.6 is 11.6 Å². The number of halogens is 1. The number of hydrogen-bond acceptors (Lipinski definition) is 7. The molecular formula is C19H22ClN3O5. The molecule has 0 aliphatic rings. The third kappa shape index (κ3) is 5.50. The maximum absolute atomic E-state index is 11.5. The molecule has 0 radical (unpaired) electrons. The van der Waals surface area contributed by atoms with Gasteiger partial charge in [-0.15, -0.1) is 0 Å². The maximum Gasteiger partial charge on any atom is 0.315 e. The van der Waals surface area contributed by atoms with Gasteiger partial charge in [-0.3, -0.25) is 15.5 Å². The van der Waals surface area contributed by atoms with Crippen molar-refractivity contribution in [1.82, 2.24) is 0 Å². The zero-order chi connectivity index (χ0) is 20.5. The van der Waals surface area contributed by atoms with Gasteiger partial charge in [0.25, 0.3) is 0 Å². The Morgan fingerprint density at radius 1 is 1.21 bits per heavy atom. The Bertz CT molecular complexity index is 858. The summed E-state index contributed by atoms with van der Waals surface area (Å²) in [6.45, 7) is 4.42. The molecule has 2 aromatic rings. The zero-order valence-electron chi connectivity index (χ0n) is 15.9. The molecule has 0 saturated carbocycles. The summed E-state index contributed by atoms with van der Waals surface area (Å²) < 4.78 is 16.2. The Labute approximate surface area is 168 Å². The highest BCUT2D eigenvalue weighted by atomic mass is 35.5. The number of ether oxygens (including phenoxy) is 3. The highest BCUT2D eigenvalue weighted by molar-refractivity contribution is 6.32. The summed E-state index contributed by atoms with van der Waals surface area (Å²) in [4.78, 5) is 11.0. The number of nitrogens with zero attached hydrogens (tertiary/aromatic N) is 2. The Morgan fingerprint density at radius 3 is 2.61 bits per heavy atom. The van der Waals surface area contributed by atoms with Gasteiger partial charge in [-0.2, -0.15) is 5.10 Å². The van der Waals surface area contributed by atoms with Gasteiger partial charge in [0.2, 0.25) is 5.75 Å². The summed E-state index contributed by atoms with van der Waals surface area (Å²) in [7, 11) is 1.53. The third-order valence-corrected chi connectivity index (χ3v) is 3.86. The van der Waals surface area contributed by atoms with E-state index in [0.29, 0.717) is 41.0 Å². The van der Waals surface area contributed by atoms with Crippen LogP contribution in [0.5, 0.6) is 17.2 Å². The second kappa shape index (κ2) is 10.4. The van der Waals surface area contributed by atoms with Crippen LogP contribution in [0.3, 0.4) is 0 Å².